The number of nitrogens with one attached hydrogen (secondary N) is 2. The van der Waals surface area contributed by atoms with Crippen molar-refractivity contribution < 1.29 is 18.4 Å². The molecule has 0 bridgehead atoms. The molecule has 4 rings (SSSR count). The molecule has 0 radical (unpaired) electrons. The molecule has 2 N–H and O–H groups in total. The smallest absolute Gasteiger partial charge is 0.293 e. The monoisotopic (exact) mass is 414 g/mol. The van der Waals surface area contributed by atoms with Crippen molar-refractivity contribution in [2.75, 3.05) is 10.6 Å². The topological polar surface area (TPSA) is 71.3 Å². The second-order valence-corrected chi connectivity index (χ2v) is 7.70. The lowest BCUT2D eigenvalue weighted by atomic mass is 10.0. The number of furan rings is 1. The maximum atomic E-state index is 13.4. The Kier molecular flexibility index (Phi) is 5.53. The summed E-state index contributed by atoms with van der Waals surface area (Å²) in [5, 5.41) is 6.06. The molecule has 7 heteroatoms. The maximum absolute atomic E-state index is 13.4. The van der Waals surface area contributed by atoms with Crippen LogP contribution in [-0.2, 0) is 4.79 Å². The average molecular weight is 415 g/mol. The number of rotatable bonds is 5. The van der Waals surface area contributed by atoms with Crippen LogP contribution in [0, 0.1) is 11.7 Å². The van der Waals surface area contributed by atoms with Crippen LogP contribution in [0.15, 0.2) is 46.9 Å². The predicted octanol–water partition coefficient (Wildman–Crippen LogP) is 6.00. The molecule has 1 fully saturated rings. The first-order chi connectivity index (χ1) is 14.0. The first kappa shape index (κ1) is 19.5. The molecule has 1 heterocycles. The van der Waals surface area contributed by atoms with Gasteiger partial charge in [-0.2, -0.15) is 0 Å². The molecule has 5 nitrogen and oxygen atoms in total. The van der Waals surface area contributed by atoms with Crippen molar-refractivity contribution in [3.8, 4) is 0 Å². The number of hydrogen-bond acceptors (Lipinski definition) is 3. The van der Waals surface area contributed by atoms with E-state index in [1.165, 1.54) is 18.2 Å². The van der Waals surface area contributed by atoms with Crippen molar-refractivity contribution in [3.63, 3.8) is 0 Å². The summed E-state index contributed by atoms with van der Waals surface area (Å²) >= 11 is 5.78. The van der Waals surface area contributed by atoms with E-state index >= 15 is 0 Å². The van der Waals surface area contributed by atoms with Gasteiger partial charge >= 0.3 is 0 Å². The van der Waals surface area contributed by atoms with Gasteiger partial charge in [-0.25, -0.2) is 4.39 Å². The lowest BCUT2D eigenvalue weighted by Crippen LogP contribution is -2.18. The molecule has 29 heavy (non-hydrogen) atoms. The van der Waals surface area contributed by atoms with Crippen LogP contribution in [0.25, 0.3) is 11.0 Å². The summed E-state index contributed by atoms with van der Waals surface area (Å²) in [6.45, 7) is 0. The fraction of sp³-hybridized carbons (Fsp3) is 0.273. The number of fused-ring (bicyclic) bond motifs is 1. The normalized spacial score (nSPS) is 14.3. The highest BCUT2D eigenvalue weighted by molar-refractivity contribution is 6.31. The number of amides is 2. The molecule has 0 unspecified atom stereocenters. The van der Waals surface area contributed by atoms with Crippen LogP contribution < -0.4 is 10.6 Å². The fourth-order valence-corrected chi connectivity index (χ4v) is 3.94. The van der Waals surface area contributed by atoms with E-state index in [1.807, 2.05) is 6.07 Å². The Morgan fingerprint density at radius 2 is 1.86 bits per heavy atom. The Labute approximate surface area is 172 Å². The van der Waals surface area contributed by atoms with E-state index < -0.39 is 11.7 Å². The fourth-order valence-electron chi connectivity index (χ4n) is 3.76. The molecule has 0 aliphatic heterocycles. The molecule has 2 aromatic carbocycles. The predicted molar refractivity (Wildman–Crippen MR) is 111 cm³/mol. The van der Waals surface area contributed by atoms with Crippen molar-refractivity contribution in [2.45, 2.75) is 32.1 Å². The number of halogens is 2. The number of anilines is 2. The van der Waals surface area contributed by atoms with Gasteiger partial charge < -0.3 is 15.1 Å². The Balaban J connectivity index is 1.60. The number of hydrogen-bond donors (Lipinski definition) is 2. The van der Waals surface area contributed by atoms with Gasteiger partial charge in [0.1, 0.15) is 17.1 Å². The van der Waals surface area contributed by atoms with Crippen LogP contribution in [-0.4, -0.2) is 11.8 Å². The van der Waals surface area contributed by atoms with Crippen molar-refractivity contribution in [3.05, 3.63) is 59.1 Å². The van der Waals surface area contributed by atoms with Gasteiger partial charge in [0.15, 0.2) is 0 Å². The summed E-state index contributed by atoms with van der Waals surface area (Å²) in [5.41, 5.74) is 1.16. The Bertz CT molecular complexity index is 1070. The molecule has 0 saturated heterocycles. The van der Waals surface area contributed by atoms with Crippen LogP contribution >= 0.6 is 11.6 Å². The van der Waals surface area contributed by atoms with Gasteiger partial charge in [-0.1, -0.05) is 36.6 Å². The number of para-hydroxylation sites is 1. The quantitative estimate of drug-likeness (QED) is 0.538. The summed E-state index contributed by atoms with van der Waals surface area (Å²) in [5.74, 6) is -0.895. The minimum atomic E-state index is -0.576. The van der Waals surface area contributed by atoms with Gasteiger partial charge in [-0.3, -0.25) is 9.59 Å². The van der Waals surface area contributed by atoms with Gasteiger partial charge in [0.25, 0.3) is 5.91 Å². The average Bonchev–Trinajstić information content (AvgIpc) is 3.33. The molecular formula is C22H20ClFN2O3. The van der Waals surface area contributed by atoms with Gasteiger partial charge in [0, 0.05) is 17.5 Å². The standard InChI is InChI=1S/C22H20ClFN2O3/c23-16-12-14(9-10-17(16)24)25-22(28)21-20(15-7-3-4-8-18(15)29-21)26-19(27)11-13-5-1-2-6-13/h3-4,7-10,12-13H,1-2,5-6,11H2,(H,25,28)(H,26,27). The summed E-state index contributed by atoms with van der Waals surface area (Å²) in [6, 6.07) is 11.0. The summed E-state index contributed by atoms with van der Waals surface area (Å²) < 4.78 is 19.1. The zero-order valence-corrected chi connectivity index (χ0v) is 16.4. The largest absolute Gasteiger partial charge is 0.449 e. The summed E-state index contributed by atoms with van der Waals surface area (Å²) in [6.07, 6.45) is 4.84. The van der Waals surface area contributed by atoms with E-state index in [0.29, 0.717) is 34.7 Å². The minimum Gasteiger partial charge on any atom is -0.449 e. The first-order valence-electron chi connectivity index (χ1n) is 9.59. The lowest BCUT2D eigenvalue weighted by molar-refractivity contribution is -0.117. The van der Waals surface area contributed by atoms with Gasteiger partial charge in [0.05, 0.1) is 5.02 Å². The molecule has 3 aromatic rings. The van der Waals surface area contributed by atoms with Gasteiger partial charge in [-0.15, -0.1) is 0 Å². The van der Waals surface area contributed by atoms with Crippen LogP contribution in [0.5, 0.6) is 0 Å². The van der Waals surface area contributed by atoms with E-state index in [0.717, 1.165) is 25.7 Å². The SMILES string of the molecule is O=C(CC1CCCC1)Nc1c(C(=O)Nc2ccc(F)c(Cl)c2)oc2ccccc12. The molecule has 1 saturated carbocycles. The zero-order chi connectivity index (χ0) is 20.4. The highest BCUT2D eigenvalue weighted by Gasteiger charge is 2.24. The Hall–Kier alpha value is -2.86. The minimum absolute atomic E-state index is 0.00795. The van der Waals surface area contributed by atoms with E-state index in [2.05, 4.69) is 10.6 Å². The molecule has 1 aromatic heterocycles. The highest BCUT2D eigenvalue weighted by atomic mass is 35.5. The lowest BCUT2D eigenvalue weighted by Gasteiger charge is -2.10. The van der Waals surface area contributed by atoms with E-state index in [4.69, 9.17) is 16.0 Å². The van der Waals surface area contributed by atoms with Crippen LogP contribution in [0.3, 0.4) is 0 Å². The Morgan fingerprint density at radius 1 is 1.10 bits per heavy atom. The summed E-state index contributed by atoms with van der Waals surface area (Å²) in [4.78, 5) is 25.4. The molecule has 150 valence electrons. The van der Waals surface area contributed by atoms with Gasteiger partial charge in [-0.05, 0) is 49.1 Å². The third-order valence-electron chi connectivity index (χ3n) is 5.19. The molecule has 0 spiro atoms. The third kappa shape index (κ3) is 4.27. The molecule has 0 atom stereocenters. The van der Waals surface area contributed by atoms with E-state index in [-0.39, 0.29) is 16.7 Å². The second-order valence-electron chi connectivity index (χ2n) is 7.29. The van der Waals surface area contributed by atoms with Crippen molar-refractivity contribution >= 4 is 45.8 Å². The van der Waals surface area contributed by atoms with Crippen LogP contribution in [0.4, 0.5) is 15.8 Å². The molecule has 1 aliphatic rings. The zero-order valence-electron chi connectivity index (χ0n) is 15.6. The van der Waals surface area contributed by atoms with E-state index in [1.54, 1.807) is 18.2 Å². The van der Waals surface area contributed by atoms with Gasteiger partial charge in [0.2, 0.25) is 11.7 Å². The van der Waals surface area contributed by atoms with Crippen LogP contribution in [0.2, 0.25) is 5.02 Å². The van der Waals surface area contributed by atoms with Crippen molar-refractivity contribution in [2.24, 2.45) is 5.92 Å². The van der Waals surface area contributed by atoms with Crippen LogP contribution in [0.1, 0.15) is 42.7 Å². The van der Waals surface area contributed by atoms with Crippen molar-refractivity contribution in [1.29, 1.82) is 0 Å². The summed E-state index contributed by atoms with van der Waals surface area (Å²) in [7, 11) is 0. The molecular weight excluding hydrogens is 395 g/mol. The number of carbonyl (C=O) groups excluding carboxylic acids is 2. The molecule has 2 amide bonds. The Morgan fingerprint density at radius 3 is 2.62 bits per heavy atom. The third-order valence-corrected chi connectivity index (χ3v) is 5.48. The number of benzene rings is 2. The number of carbonyl (C=O) groups is 2. The van der Waals surface area contributed by atoms with E-state index in [9.17, 15) is 14.0 Å². The van der Waals surface area contributed by atoms with Crippen molar-refractivity contribution in [1.82, 2.24) is 0 Å². The first-order valence-corrected chi connectivity index (χ1v) is 9.97. The second kappa shape index (κ2) is 8.25. The maximum Gasteiger partial charge on any atom is 0.293 e. The molecule has 1 aliphatic carbocycles. The highest BCUT2D eigenvalue weighted by Crippen LogP contribution is 2.33.